The molecule has 0 radical (unpaired) electrons. The molecule has 2 bridgehead atoms. The highest BCUT2D eigenvalue weighted by atomic mass is 16.3. The maximum Gasteiger partial charge on any atom is 0.264 e. The van der Waals surface area contributed by atoms with Gasteiger partial charge >= 0.3 is 0 Å². The lowest BCUT2D eigenvalue weighted by molar-refractivity contribution is -0.0713. The molecular formula is C26H26N2O2. The summed E-state index contributed by atoms with van der Waals surface area (Å²) < 4.78 is 1.79. The molecule has 0 aliphatic carbocycles. The molecule has 3 aliphatic heterocycles. The summed E-state index contributed by atoms with van der Waals surface area (Å²) >= 11 is 0. The minimum absolute atomic E-state index is 0.0543. The van der Waals surface area contributed by atoms with E-state index in [1.165, 1.54) is 0 Å². The lowest BCUT2D eigenvalue weighted by Crippen LogP contribution is -2.58. The van der Waals surface area contributed by atoms with Gasteiger partial charge in [-0.1, -0.05) is 49.1 Å². The fraction of sp³-hybridized carbons (Fsp3) is 0.346. The molecule has 3 aromatic rings. The number of aliphatic hydroxyl groups is 1. The van der Waals surface area contributed by atoms with Crippen molar-refractivity contribution in [1.29, 1.82) is 0 Å². The molecule has 1 unspecified atom stereocenters. The molecule has 1 aromatic heterocycles. The van der Waals surface area contributed by atoms with Crippen molar-refractivity contribution >= 4 is 10.8 Å². The normalized spacial score (nSPS) is 25.1. The van der Waals surface area contributed by atoms with Gasteiger partial charge in [-0.15, -0.1) is 0 Å². The largest absolute Gasteiger partial charge is 0.376 e. The van der Waals surface area contributed by atoms with Gasteiger partial charge in [0, 0.05) is 29.4 Å². The SMILES string of the molecule is CCc1cc2cccc(C#CC3(O)CN4CCC3CC4)c2c(=O)n1-c1ccccc1. The topological polar surface area (TPSA) is 45.5 Å². The van der Waals surface area contributed by atoms with Gasteiger partial charge in [-0.05, 0) is 62.0 Å². The van der Waals surface area contributed by atoms with E-state index < -0.39 is 5.60 Å². The maximum atomic E-state index is 13.6. The molecule has 4 nitrogen and oxygen atoms in total. The fourth-order valence-electron chi connectivity index (χ4n) is 5.00. The smallest absolute Gasteiger partial charge is 0.264 e. The van der Waals surface area contributed by atoms with Crippen molar-refractivity contribution in [2.24, 2.45) is 5.92 Å². The summed E-state index contributed by atoms with van der Waals surface area (Å²) in [6.07, 6.45) is 2.73. The summed E-state index contributed by atoms with van der Waals surface area (Å²) in [5.41, 5.74) is 1.48. The predicted molar refractivity (Wildman–Crippen MR) is 120 cm³/mol. The Hall–Kier alpha value is -2.87. The standard InChI is InChI=1S/C26H26N2O2/c1-2-22-17-20-8-6-7-19(11-14-26(30)18-27-15-12-21(26)13-16-27)24(20)25(29)28(22)23-9-4-3-5-10-23/h3-10,17,21,30H,2,12-13,15-16,18H2,1H3. The first kappa shape index (κ1) is 19.1. The monoisotopic (exact) mass is 398 g/mol. The second kappa shape index (κ2) is 7.43. The van der Waals surface area contributed by atoms with Crippen LogP contribution in [0.4, 0.5) is 0 Å². The number of nitrogens with zero attached hydrogens (tertiary/aromatic N) is 2. The first-order chi connectivity index (χ1) is 14.6. The first-order valence-corrected chi connectivity index (χ1v) is 10.8. The van der Waals surface area contributed by atoms with Crippen molar-refractivity contribution in [3.8, 4) is 17.5 Å². The molecule has 0 saturated carbocycles. The number of para-hydroxylation sites is 1. The molecule has 30 heavy (non-hydrogen) atoms. The molecule has 4 heteroatoms. The van der Waals surface area contributed by atoms with E-state index in [1.807, 2.05) is 48.5 Å². The van der Waals surface area contributed by atoms with Crippen LogP contribution >= 0.6 is 0 Å². The van der Waals surface area contributed by atoms with Gasteiger partial charge < -0.3 is 5.11 Å². The summed E-state index contributed by atoms with van der Waals surface area (Å²) in [4.78, 5) is 15.9. The van der Waals surface area contributed by atoms with Crippen molar-refractivity contribution < 1.29 is 5.11 Å². The Labute approximate surface area is 176 Å². The average molecular weight is 399 g/mol. The molecule has 3 aliphatic rings. The Kier molecular flexibility index (Phi) is 4.73. The Morgan fingerprint density at radius 1 is 1.10 bits per heavy atom. The average Bonchev–Trinajstić information content (AvgIpc) is 2.78. The number of piperidine rings is 3. The van der Waals surface area contributed by atoms with Gasteiger partial charge in [0.15, 0.2) is 0 Å². The molecule has 0 spiro atoms. The Balaban J connectivity index is 1.67. The zero-order valence-electron chi connectivity index (χ0n) is 17.3. The number of aryl methyl sites for hydroxylation is 1. The van der Waals surface area contributed by atoms with Crippen LogP contribution in [-0.2, 0) is 6.42 Å². The van der Waals surface area contributed by atoms with Gasteiger partial charge in [-0.25, -0.2) is 0 Å². The van der Waals surface area contributed by atoms with Crippen molar-refractivity contribution in [2.75, 3.05) is 19.6 Å². The molecule has 1 N–H and O–H groups in total. The van der Waals surface area contributed by atoms with E-state index in [0.717, 1.165) is 49.1 Å². The van der Waals surface area contributed by atoms with Gasteiger partial charge in [0.25, 0.3) is 5.56 Å². The molecule has 4 heterocycles. The fourth-order valence-corrected chi connectivity index (χ4v) is 5.00. The van der Waals surface area contributed by atoms with Crippen LogP contribution in [0, 0.1) is 17.8 Å². The van der Waals surface area contributed by atoms with Crippen molar-refractivity contribution in [3.63, 3.8) is 0 Å². The van der Waals surface area contributed by atoms with Gasteiger partial charge in [0.05, 0.1) is 5.39 Å². The summed E-state index contributed by atoms with van der Waals surface area (Å²) in [5.74, 6) is 6.59. The Morgan fingerprint density at radius 3 is 2.53 bits per heavy atom. The molecule has 152 valence electrons. The van der Waals surface area contributed by atoms with E-state index in [4.69, 9.17) is 0 Å². The van der Waals surface area contributed by atoms with Gasteiger partial charge in [0.1, 0.15) is 5.60 Å². The zero-order chi connectivity index (χ0) is 20.7. The molecular weight excluding hydrogens is 372 g/mol. The molecule has 6 rings (SSSR count). The van der Waals surface area contributed by atoms with Gasteiger partial charge in [0.2, 0.25) is 0 Å². The highest BCUT2D eigenvalue weighted by molar-refractivity contribution is 5.88. The van der Waals surface area contributed by atoms with Crippen LogP contribution in [-0.4, -0.2) is 39.8 Å². The first-order valence-electron chi connectivity index (χ1n) is 10.8. The quantitative estimate of drug-likeness (QED) is 0.674. The summed E-state index contributed by atoms with van der Waals surface area (Å²) in [7, 11) is 0. The van der Waals surface area contributed by atoms with Crippen molar-refractivity contribution in [2.45, 2.75) is 31.8 Å². The molecule has 3 saturated heterocycles. The van der Waals surface area contributed by atoms with E-state index in [-0.39, 0.29) is 11.5 Å². The Morgan fingerprint density at radius 2 is 1.87 bits per heavy atom. The van der Waals surface area contributed by atoms with Crippen LogP contribution < -0.4 is 5.56 Å². The van der Waals surface area contributed by atoms with E-state index in [9.17, 15) is 9.90 Å². The summed E-state index contributed by atoms with van der Waals surface area (Å²) in [6, 6.07) is 17.6. The highest BCUT2D eigenvalue weighted by Crippen LogP contribution is 2.35. The van der Waals surface area contributed by atoms with E-state index >= 15 is 0 Å². The Bertz CT molecular complexity index is 1210. The van der Waals surface area contributed by atoms with Gasteiger partial charge in [-0.3, -0.25) is 14.3 Å². The van der Waals surface area contributed by atoms with E-state index in [2.05, 4.69) is 29.7 Å². The minimum atomic E-state index is -0.986. The van der Waals surface area contributed by atoms with Crippen LogP contribution in [0.3, 0.4) is 0 Å². The number of aromatic nitrogens is 1. The minimum Gasteiger partial charge on any atom is -0.376 e. The number of fused-ring (bicyclic) bond motifs is 4. The van der Waals surface area contributed by atoms with Crippen LogP contribution in [0.5, 0.6) is 0 Å². The third-order valence-electron chi connectivity index (χ3n) is 6.64. The zero-order valence-corrected chi connectivity index (χ0v) is 17.3. The summed E-state index contributed by atoms with van der Waals surface area (Å²) in [5, 5.41) is 12.7. The maximum absolute atomic E-state index is 13.6. The number of hydrogen-bond donors (Lipinski definition) is 1. The van der Waals surface area contributed by atoms with Crippen LogP contribution in [0.2, 0.25) is 0 Å². The highest BCUT2D eigenvalue weighted by Gasteiger charge is 2.44. The van der Waals surface area contributed by atoms with E-state index in [0.29, 0.717) is 17.5 Å². The van der Waals surface area contributed by atoms with E-state index in [1.54, 1.807) is 4.57 Å². The summed E-state index contributed by atoms with van der Waals surface area (Å²) in [6.45, 7) is 4.76. The number of benzene rings is 2. The van der Waals surface area contributed by atoms with Crippen molar-refractivity contribution in [1.82, 2.24) is 9.47 Å². The molecule has 1 atom stereocenters. The van der Waals surface area contributed by atoms with Crippen LogP contribution in [0.25, 0.3) is 16.5 Å². The van der Waals surface area contributed by atoms with Crippen LogP contribution in [0.15, 0.2) is 59.4 Å². The second-order valence-corrected chi connectivity index (χ2v) is 8.46. The second-order valence-electron chi connectivity index (χ2n) is 8.46. The third-order valence-corrected chi connectivity index (χ3v) is 6.64. The molecule has 0 amide bonds. The predicted octanol–water partition coefficient (Wildman–Crippen LogP) is 3.36. The number of hydrogen-bond acceptors (Lipinski definition) is 3. The molecule has 3 fully saturated rings. The molecule has 2 aromatic carbocycles. The number of pyridine rings is 1. The third kappa shape index (κ3) is 3.15. The lowest BCUT2D eigenvalue weighted by Gasteiger charge is -2.47. The van der Waals surface area contributed by atoms with Gasteiger partial charge in [-0.2, -0.15) is 0 Å². The van der Waals surface area contributed by atoms with Crippen molar-refractivity contribution in [3.05, 3.63) is 76.2 Å². The van der Waals surface area contributed by atoms with Crippen LogP contribution in [0.1, 0.15) is 31.0 Å². The lowest BCUT2D eigenvalue weighted by atomic mass is 9.75. The number of rotatable bonds is 2.